The molecule has 4 nitrogen and oxygen atoms in total. The first-order valence-corrected chi connectivity index (χ1v) is 9.46. The molecule has 10 heteroatoms. The molecule has 33 heavy (non-hydrogen) atoms. The van der Waals surface area contributed by atoms with E-state index in [2.05, 4.69) is 4.98 Å². The highest BCUT2D eigenvalue weighted by Crippen LogP contribution is 2.39. The first-order valence-electron chi connectivity index (χ1n) is 9.46. The van der Waals surface area contributed by atoms with E-state index in [0.29, 0.717) is 17.6 Å². The average Bonchev–Trinajstić information content (AvgIpc) is 3.04. The fourth-order valence-corrected chi connectivity index (χ4v) is 3.84. The van der Waals surface area contributed by atoms with Crippen LogP contribution in [-0.4, -0.2) is 15.3 Å². The Labute approximate surface area is 180 Å². The van der Waals surface area contributed by atoms with E-state index in [0.717, 1.165) is 4.57 Å². The summed E-state index contributed by atoms with van der Waals surface area (Å²) < 4.78 is 80.5. The predicted octanol–water partition coefficient (Wildman–Crippen LogP) is 5.63. The number of aromatic nitrogens is 2. The van der Waals surface area contributed by atoms with Crippen molar-refractivity contribution in [3.63, 3.8) is 0 Å². The molecule has 1 aliphatic rings. The van der Waals surface area contributed by atoms with Crippen LogP contribution >= 0.6 is 0 Å². The minimum Gasteiger partial charge on any atom is -0.285 e. The van der Waals surface area contributed by atoms with Crippen molar-refractivity contribution in [1.82, 2.24) is 9.55 Å². The van der Waals surface area contributed by atoms with Crippen molar-refractivity contribution in [1.29, 1.82) is 0 Å². The van der Waals surface area contributed by atoms with Crippen molar-refractivity contribution >= 4 is 16.7 Å². The van der Waals surface area contributed by atoms with Gasteiger partial charge in [0, 0.05) is 0 Å². The van der Waals surface area contributed by atoms with Crippen LogP contribution in [0.5, 0.6) is 0 Å². The van der Waals surface area contributed by atoms with E-state index in [1.807, 2.05) is 0 Å². The molecular formula is C23H10F6N2O2. The number of halogens is 6. The van der Waals surface area contributed by atoms with Gasteiger partial charge in [-0.25, -0.2) is 4.98 Å². The zero-order valence-electron chi connectivity index (χ0n) is 16.3. The number of ketones is 1. The summed E-state index contributed by atoms with van der Waals surface area (Å²) in [6.07, 6.45) is -10.0. The molecule has 2 heterocycles. The molecule has 0 spiro atoms. The Balaban J connectivity index is 1.71. The summed E-state index contributed by atoms with van der Waals surface area (Å²) in [5.41, 5.74) is -3.43. The van der Waals surface area contributed by atoms with Crippen LogP contribution in [0.15, 0.2) is 65.5 Å². The van der Waals surface area contributed by atoms with E-state index in [4.69, 9.17) is 0 Å². The van der Waals surface area contributed by atoms with Gasteiger partial charge >= 0.3 is 12.4 Å². The first-order chi connectivity index (χ1) is 15.4. The Morgan fingerprint density at radius 1 is 0.727 bits per heavy atom. The number of hydrogen-bond donors (Lipinski definition) is 0. The molecule has 5 rings (SSSR count). The Morgan fingerprint density at radius 3 is 2.00 bits per heavy atom. The SMILES string of the molecule is O=C1c2cc(-c3cc(C(F)(F)F)cc(C(F)(F)F)c3)ccc2-n2c1nc1ccccc1c2=O. The lowest BCUT2D eigenvalue weighted by Gasteiger charge is -2.15. The molecule has 1 aliphatic heterocycles. The van der Waals surface area contributed by atoms with Gasteiger partial charge in [0.2, 0.25) is 5.78 Å². The van der Waals surface area contributed by atoms with Gasteiger partial charge in [-0.3, -0.25) is 14.2 Å². The quantitative estimate of drug-likeness (QED) is 0.305. The largest absolute Gasteiger partial charge is 0.416 e. The van der Waals surface area contributed by atoms with Crippen LogP contribution in [0.25, 0.3) is 27.7 Å². The van der Waals surface area contributed by atoms with Crippen molar-refractivity contribution in [2.24, 2.45) is 0 Å². The fraction of sp³-hybridized carbons (Fsp3) is 0.0870. The second-order valence-electron chi connectivity index (χ2n) is 7.45. The third-order valence-corrected chi connectivity index (χ3v) is 5.38. The van der Waals surface area contributed by atoms with Gasteiger partial charge in [-0.05, 0) is 53.6 Å². The second-order valence-corrected chi connectivity index (χ2v) is 7.45. The summed E-state index contributed by atoms with van der Waals surface area (Å²) in [4.78, 5) is 30.1. The van der Waals surface area contributed by atoms with E-state index < -0.39 is 34.8 Å². The molecule has 0 saturated heterocycles. The standard InChI is InChI=1S/C23H10F6N2O2/c24-22(25,26)13-7-12(8-14(10-13)23(27,28)29)11-5-6-18-16(9-11)19(32)20-30-17-4-2-1-3-15(17)21(33)31(18)20/h1-10H. The van der Waals surface area contributed by atoms with Crippen LogP contribution in [-0.2, 0) is 12.4 Å². The van der Waals surface area contributed by atoms with E-state index >= 15 is 0 Å². The van der Waals surface area contributed by atoms with Crippen molar-refractivity contribution in [3.05, 3.63) is 93.5 Å². The number of hydrogen-bond acceptors (Lipinski definition) is 3. The molecule has 3 aromatic carbocycles. The molecule has 4 aromatic rings. The second kappa shape index (κ2) is 6.77. The van der Waals surface area contributed by atoms with Crippen LogP contribution in [0.1, 0.15) is 27.3 Å². The Morgan fingerprint density at radius 2 is 1.36 bits per heavy atom. The van der Waals surface area contributed by atoms with Gasteiger partial charge in [0.05, 0.1) is 33.3 Å². The summed E-state index contributed by atoms with van der Waals surface area (Å²) in [5.74, 6) is -0.830. The number of para-hydroxylation sites is 1. The molecule has 0 fully saturated rings. The van der Waals surface area contributed by atoms with Crippen molar-refractivity contribution < 1.29 is 31.1 Å². The smallest absolute Gasteiger partial charge is 0.285 e. The van der Waals surface area contributed by atoms with Crippen molar-refractivity contribution in [3.8, 4) is 16.8 Å². The molecule has 0 N–H and O–H groups in total. The maximum absolute atomic E-state index is 13.2. The van der Waals surface area contributed by atoms with E-state index in [1.54, 1.807) is 18.2 Å². The fourth-order valence-electron chi connectivity index (χ4n) is 3.84. The zero-order chi connectivity index (χ0) is 23.7. The van der Waals surface area contributed by atoms with Gasteiger partial charge in [0.1, 0.15) is 0 Å². The Hall–Kier alpha value is -3.95. The Kier molecular flexibility index (Phi) is 4.29. The van der Waals surface area contributed by atoms with Crippen LogP contribution in [0, 0.1) is 0 Å². The third-order valence-electron chi connectivity index (χ3n) is 5.38. The molecule has 1 aromatic heterocycles. The maximum atomic E-state index is 13.2. The highest BCUT2D eigenvalue weighted by molar-refractivity contribution is 6.14. The van der Waals surface area contributed by atoms with Gasteiger partial charge in [0.15, 0.2) is 5.82 Å². The first kappa shape index (κ1) is 20.9. The number of nitrogens with zero attached hydrogens (tertiary/aromatic N) is 2. The third kappa shape index (κ3) is 3.29. The molecule has 0 saturated carbocycles. The predicted molar refractivity (Wildman–Crippen MR) is 106 cm³/mol. The monoisotopic (exact) mass is 460 g/mol. The molecule has 0 aliphatic carbocycles. The number of benzene rings is 3. The van der Waals surface area contributed by atoms with Crippen molar-refractivity contribution in [2.45, 2.75) is 12.4 Å². The lowest BCUT2D eigenvalue weighted by Crippen LogP contribution is -2.21. The topological polar surface area (TPSA) is 52.0 Å². The molecular weight excluding hydrogens is 450 g/mol. The summed E-state index contributed by atoms with van der Waals surface area (Å²) >= 11 is 0. The van der Waals surface area contributed by atoms with E-state index in [1.165, 1.54) is 24.3 Å². The van der Waals surface area contributed by atoms with Gasteiger partial charge in [-0.15, -0.1) is 0 Å². The van der Waals surface area contributed by atoms with Crippen LogP contribution < -0.4 is 5.56 Å². The molecule has 0 bridgehead atoms. The minimum atomic E-state index is -5.00. The summed E-state index contributed by atoms with van der Waals surface area (Å²) in [7, 11) is 0. The normalized spacial score (nSPS) is 13.3. The molecule has 0 radical (unpaired) electrons. The van der Waals surface area contributed by atoms with E-state index in [9.17, 15) is 35.9 Å². The molecule has 0 amide bonds. The summed E-state index contributed by atoms with van der Waals surface area (Å²) in [5, 5.41) is 0.263. The highest BCUT2D eigenvalue weighted by Gasteiger charge is 2.37. The van der Waals surface area contributed by atoms with Crippen molar-refractivity contribution in [2.75, 3.05) is 0 Å². The number of fused-ring (bicyclic) bond motifs is 4. The van der Waals surface area contributed by atoms with Gasteiger partial charge in [-0.1, -0.05) is 18.2 Å². The lowest BCUT2D eigenvalue weighted by atomic mass is 9.97. The van der Waals surface area contributed by atoms with Gasteiger partial charge < -0.3 is 0 Å². The summed E-state index contributed by atoms with van der Waals surface area (Å²) in [6, 6.07) is 11.3. The van der Waals surface area contributed by atoms with Crippen LogP contribution in [0.3, 0.4) is 0 Å². The molecule has 166 valence electrons. The summed E-state index contributed by atoms with van der Waals surface area (Å²) in [6.45, 7) is 0. The molecule has 0 unspecified atom stereocenters. The van der Waals surface area contributed by atoms with Crippen LogP contribution in [0.2, 0.25) is 0 Å². The highest BCUT2D eigenvalue weighted by atomic mass is 19.4. The molecule has 0 atom stereocenters. The number of carbonyl (C=O) groups excluding carboxylic acids is 1. The average molecular weight is 460 g/mol. The maximum Gasteiger partial charge on any atom is 0.416 e. The number of carbonyl (C=O) groups is 1. The van der Waals surface area contributed by atoms with Gasteiger partial charge in [0.25, 0.3) is 5.56 Å². The zero-order valence-corrected chi connectivity index (χ0v) is 16.3. The number of rotatable bonds is 1. The number of alkyl halides is 6. The lowest BCUT2D eigenvalue weighted by molar-refractivity contribution is -0.143. The minimum absolute atomic E-state index is 0.0346. The van der Waals surface area contributed by atoms with Gasteiger partial charge in [-0.2, -0.15) is 26.3 Å². The van der Waals surface area contributed by atoms with E-state index in [-0.39, 0.29) is 39.7 Å². The Bertz CT molecular complexity index is 1500. The van der Waals surface area contributed by atoms with Crippen LogP contribution in [0.4, 0.5) is 26.3 Å².